The van der Waals surface area contributed by atoms with E-state index in [-0.39, 0.29) is 42.4 Å². The molecule has 2 aromatic rings. The molecule has 0 amide bonds. The molecule has 1 aliphatic rings. The van der Waals surface area contributed by atoms with Crippen LogP contribution in [0.25, 0.3) is 0 Å². The topological polar surface area (TPSA) is 175 Å². The summed E-state index contributed by atoms with van der Waals surface area (Å²) in [5.41, 5.74) is 1.19. The van der Waals surface area contributed by atoms with Crippen LogP contribution in [0.3, 0.4) is 0 Å². The lowest BCUT2D eigenvalue weighted by Crippen LogP contribution is -2.61. The SMILES string of the molecule is CCCNC[C@@H](COc1ccc(O)cc1C(=O)CCc1ccccc1)O[C@@H]1O[C@H](C(=O)O)[C@@H](O)[C@H](O)[C@H]1O. The molecular weight excluding hydrogens is 498 g/mol. The Hall–Kier alpha value is -3.06. The molecule has 0 unspecified atom stereocenters. The average molecular weight is 534 g/mol. The third-order valence-corrected chi connectivity index (χ3v) is 6.11. The molecule has 0 bridgehead atoms. The number of phenols is 1. The molecule has 0 spiro atoms. The predicted octanol–water partition coefficient (Wildman–Crippen LogP) is 0.863. The van der Waals surface area contributed by atoms with Gasteiger partial charge < -0.3 is 45.1 Å². The number of ketones is 1. The number of aryl methyl sites for hydroxylation is 1. The number of carbonyl (C=O) groups is 2. The second kappa shape index (κ2) is 14.2. The van der Waals surface area contributed by atoms with Crippen molar-refractivity contribution in [3.05, 3.63) is 59.7 Å². The number of hydrogen-bond donors (Lipinski definition) is 6. The van der Waals surface area contributed by atoms with Gasteiger partial charge in [0.25, 0.3) is 0 Å². The largest absolute Gasteiger partial charge is 0.508 e. The van der Waals surface area contributed by atoms with Crippen LogP contribution < -0.4 is 10.1 Å². The zero-order chi connectivity index (χ0) is 27.7. The summed E-state index contributed by atoms with van der Waals surface area (Å²) in [5.74, 6) is -1.62. The summed E-state index contributed by atoms with van der Waals surface area (Å²) in [6, 6.07) is 13.7. The van der Waals surface area contributed by atoms with Crippen LogP contribution in [0.5, 0.6) is 11.5 Å². The molecule has 6 atom stereocenters. The van der Waals surface area contributed by atoms with Gasteiger partial charge >= 0.3 is 5.97 Å². The third kappa shape index (κ3) is 7.97. The first kappa shape index (κ1) is 29.5. The van der Waals surface area contributed by atoms with Gasteiger partial charge in [-0.05, 0) is 43.1 Å². The van der Waals surface area contributed by atoms with Crippen LogP contribution in [0.1, 0.15) is 35.7 Å². The molecule has 0 saturated carbocycles. The van der Waals surface area contributed by atoms with Crippen molar-refractivity contribution in [1.82, 2.24) is 5.32 Å². The van der Waals surface area contributed by atoms with Crippen LogP contribution in [0.2, 0.25) is 0 Å². The Morgan fingerprint density at radius 2 is 1.79 bits per heavy atom. The van der Waals surface area contributed by atoms with E-state index in [4.69, 9.17) is 14.2 Å². The van der Waals surface area contributed by atoms with Gasteiger partial charge in [0.15, 0.2) is 18.2 Å². The maximum atomic E-state index is 13.0. The number of nitrogens with one attached hydrogen (secondary N) is 1. The highest BCUT2D eigenvalue weighted by Gasteiger charge is 2.48. The molecular formula is C27H35NO10. The van der Waals surface area contributed by atoms with Crippen molar-refractivity contribution < 1.29 is 49.3 Å². The lowest BCUT2D eigenvalue weighted by Gasteiger charge is -2.39. The van der Waals surface area contributed by atoms with Gasteiger partial charge in [0.2, 0.25) is 0 Å². The molecule has 3 rings (SSSR count). The molecule has 208 valence electrons. The normalized spacial score (nSPS) is 24.1. The Morgan fingerprint density at radius 1 is 1.05 bits per heavy atom. The molecule has 1 aliphatic heterocycles. The Kier molecular flexibility index (Phi) is 11.0. The van der Waals surface area contributed by atoms with Crippen molar-refractivity contribution in [1.29, 1.82) is 0 Å². The quantitative estimate of drug-likeness (QED) is 0.150. The Labute approximate surface area is 220 Å². The highest BCUT2D eigenvalue weighted by Crippen LogP contribution is 2.27. The number of ether oxygens (including phenoxy) is 3. The van der Waals surface area contributed by atoms with Gasteiger partial charge in [0.05, 0.1) is 5.56 Å². The first-order valence-corrected chi connectivity index (χ1v) is 12.5. The van der Waals surface area contributed by atoms with E-state index in [1.54, 1.807) is 0 Å². The van der Waals surface area contributed by atoms with Crippen LogP contribution in [-0.4, -0.2) is 93.8 Å². The number of aliphatic hydroxyl groups is 3. The Morgan fingerprint density at radius 3 is 2.47 bits per heavy atom. The third-order valence-electron chi connectivity index (χ3n) is 6.11. The van der Waals surface area contributed by atoms with E-state index in [0.717, 1.165) is 12.0 Å². The molecule has 6 N–H and O–H groups in total. The van der Waals surface area contributed by atoms with Crippen molar-refractivity contribution in [3.8, 4) is 11.5 Å². The molecule has 11 heteroatoms. The number of benzene rings is 2. The van der Waals surface area contributed by atoms with Crippen molar-refractivity contribution in [2.24, 2.45) is 0 Å². The number of carboxylic acid groups (broad SMARTS) is 1. The summed E-state index contributed by atoms with van der Waals surface area (Å²) in [6.07, 6.45) is -7.98. The number of carbonyl (C=O) groups excluding carboxylic acids is 1. The first-order valence-electron chi connectivity index (χ1n) is 12.5. The molecule has 1 heterocycles. The molecule has 1 fully saturated rings. The lowest BCUT2D eigenvalue weighted by molar-refractivity contribution is -0.305. The smallest absolute Gasteiger partial charge is 0.335 e. The molecule has 0 aromatic heterocycles. The van der Waals surface area contributed by atoms with E-state index in [0.29, 0.717) is 13.0 Å². The van der Waals surface area contributed by atoms with Crippen molar-refractivity contribution in [2.75, 3.05) is 19.7 Å². The summed E-state index contributed by atoms with van der Waals surface area (Å²) in [6.45, 7) is 2.68. The number of aliphatic carboxylic acids is 1. The second-order valence-corrected chi connectivity index (χ2v) is 9.10. The van der Waals surface area contributed by atoms with Crippen molar-refractivity contribution >= 4 is 11.8 Å². The zero-order valence-electron chi connectivity index (χ0n) is 21.1. The molecule has 2 aromatic carbocycles. The average Bonchev–Trinajstić information content (AvgIpc) is 2.91. The van der Waals surface area contributed by atoms with E-state index in [2.05, 4.69) is 5.32 Å². The van der Waals surface area contributed by atoms with Crippen LogP contribution in [-0.2, 0) is 20.7 Å². The number of hydrogen-bond acceptors (Lipinski definition) is 10. The van der Waals surface area contributed by atoms with Gasteiger partial charge in [-0.1, -0.05) is 37.3 Å². The summed E-state index contributed by atoms with van der Waals surface area (Å²) in [4.78, 5) is 24.4. The minimum Gasteiger partial charge on any atom is -0.508 e. The summed E-state index contributed by atoms with van der Waals surface area (Å²) in [5, 5.41) is 52.7. The number of rotatable bonds is 14. The predicted molar refractivity (Wildman–Crippen MR) is 135 cm³/mol. The van der Waals surface area contributed by atoms with Gasteiger partial charge in [-0.3, -0.25) is 4.79 Å². The highest BCUT2D eigenvalue weighted by atomic mass is 16.7. The molecule has 0 radical (unpaired) electrons. The van der Waals surface area contributed by atoms with Gasteiger partial charge in [0.1, 0.15) is 42.5 Å². The lowest BCUT2D eigenvalue weighted by atomic mass is 9.99. The number of Topliss-reactive ketones (excluding diaryl/α,β-unsaturated/α-hetero) is 1. The summed E-state index contributed by atoms with van der Waals surface area (Å²) >= 11 is 0. The van der Waals surface area contributed by atoms with E-state index < -0.39 is 42.8 Å². The maximum Gasteiger partial charge on any atom is 0.335 e. The van der Waals surface area contributed by atoms with Crippen LogP contribution in [0.15, 0.2) is 48.5 Å². The fourth-order valence-electron chi connectivity index (χ4n) is 4.02. The van der Waals surface area contributed by atoms with Crippen molar-refractivity contribution in [3.63, 3.8) is 0 Å². The number of carboxylic acids is 1. The summed E-state index contributed by atoms with van der Waals surface area (Å²) in [7, 11) is 0. The minimum absolute atomic E-state index is 0.0937. The van der Waals surface area contributed by atoms with E-state index >= 15 is 0 Å². The fourth-order valence-corrected chi connectivity index (χ4v) is 4.02. The molecule has 1 saturated heterocycles. The number of aliphatic hydroxyl groups excluding tert-OH is 3. The number of phenolic OH excluding ortho intramolecular Hbond substituents is 1. The fraction of sp³-hybridized carbons (Fsp3) is 0.481. The van der Waals surface area contributed by atoms with Gasteiger partial charge in [-0.15, -0.1) is 0 Å². The van der Waals surface area contributed by atoms with E-state index in [9.17, 15) is 35.1 Å². The molecule has 11 nitrogen and oxygen atoms in total. The monoisotopic (exact) mass is 533 g/mol. The Balaban J connectivity index is 1.71. The summed E-state index contributed by atoms with van der Waals surface area (Å²) < 4.78 is 16.9. The van der Waals surface area contributed by atoms with Gasteiger partial charge in [0, 0.05) is 13.0 Å². The van der Waals surface area contributed by atoms with Gasteiger partial charge in [-0.2, -0.15) is 0 Å². The standard InChI is InChI=1S/C27H35NO10/c1-2-12-28-14-18(37-27-24(33)22(31)23(32)25(38-27)26(34)35)15-36-21-11-9-17(29)13-19(21)20(30)10-8-16-6-4-3-5-7-16/h3-7,9,11,13,18,22-25,27-29,31-33H,2,8,10,12,14-15H2,1H3,(H,34,35)/t18-,22-,23-,24+,25-,27+/m0/s1. The highest BCUT2D eigenvalue weighted by molar-refractivity contribution is 5.99. The van der Waals surface area contributed by atoms with Crippen LogP contribution in [0.4, 0.5) is 0 Å². The Bertz CT molecular complexity index is 1050. The van der Waals surface area contributed by atoms with Gasteiger partial charge in [-0.25, -0.2) is 4.79 Å². The van der Waals surface area contributed by atoms with Crippen LogP contribution in [0, 0.1) is 0 Å². The van der Waals surface area contributed by atoms with E-state index in [1.165, 1.54) is 18.2 Å². The second-order valence-electron chi connectivity index (χ2n) is 9.10. The number of aromatic hydroxyl groups is 1. The van der Waals surface area contributed by atoms with Crippen LogP contribution >= 0.6 is 0 Å². The minimum atomic E-state index is -1.84. The molecule has 0 aliphatic carbocycles. The van der Waals surface area contributed by atoms with Crippen molar-refractivity contribution in [2.45, 2.75) is 63.0 Å². The zero-order valence-corrected chi connectivity index (χ0v) is 21.1. The maximum absolute atomic E-state index is 13.0. The first-order chi connectivity index (χ1) is 18.2. The van der Waals surface area contributed by atoms with E-state index in [1.807, 2.05) is 37.3 Å². The molecule has 38 heavy (non-hydrogen) atoms.